The van der Waals surface area contributed by atoms with Crippen LogP contribution in [0.15, 0.2) is 30.5 Å². The molecule has 0 atom stereocenters. The summed E-state index contributed by atoms with van der Waals surface area (Å²) >= 11 is 0. The molecule has 1 heterocycles. The van der Waals surface area contributed by atoms with E-state index in [1.165, 1.54) is 0 Å². The van der Waals surface area contributed by atoms with E-state index in [1.807, 2.05) is 50.2 Å². The lowest BCUT2D eigenvalue weighted by Gasteiger charge is -2.13. The Hall–Kier alpha value is -2.74. The van der Waals surface area contributed by atoms with Gasteiger partial charge in [0.2, 0.25) is 5.95 Å². The van der Waals surface area contributed by atoms with Gasteiger partial charge in [0.05, 0.1) is 6.54 Å². The second-order valence-corrected chi connectivity index (χ2v) is 4.85. The molecule has 0 unspecified atom stereocenters. The third-order valence-corrected chi connectivity index (χ3v) is 2.97. The Balaban J connectivity index is 2.14. The number of hydrogen-bond acceptors (Lipinski definition) is 5. The van der Waals surface area contributed by atoms with Crippen LogP contribution in [0.25, 0.3) is 0 Å². The summed E-state index contributed by atoms with van der Waals surface area (Å²) in [7, 11) is 4.02. The summed E-state index contributed by atoms with van der Waals surface area (Å²) in [4.78, 5) is 10.7. The zero-order chi connectivity index (χ0) is 15.2. The van der Waals surface area contributed by atoms with Gasteiger partial charge in [0, 0.05) is 37.2 Å². The van der Waals surface area contributed by atoms with E-state index in [4.69, 9.17) is 6.42 Å². The average Bonchev–Trinajstić information content (AvgIpc) is 2.48. The number of rotatable bonds is 5. The van der Waals surface area contributed by atoms with Gasteiger partial charge >= 0.3 is 0 Å². The first kappa shape index (κ1) is 14.7. The Morgan fingerprint density at radius 2 is 1.95 bits per heavy atom. The molecule has 0 radical (unpaired) electrons. The molecule has 108 valence electrons. The number of anilines is 4. The van der Waals surface area contributed by atoms with E-state index in [9.17, 15) is 0 Å². The van der Waals surface area contributed by atoms with Crippen LogP contribution >= 0.6 is 0 Å². The normalized spacial score (nSPS) is 9.81. The molecule has 0 aliphatic heterocycles. The Bertz CT molecular complexity index is 641. The van der Waals surface area contributed by atoms with Crippen LogP contribution in [0.3, 0.4) is 0 Å². The van der Waals surface area contributed by atoms with Gasteiger partial charge in [-0.05, 0) is 31.2 Å². The molecule has 2 rings (SSSR count). The summed E-state index contributed by atoms with van der Waals surface area (Å²) < 4.78 is 0. The van der Waals surface area contributed by atoms with E-state index in [-0.39, 0.29) is 0 Å². The largest absolute Gasteiger partial charge is 0.378 e. The topological polar surface area (TPSA) is 53.1 Å². The molecule has 5 heteroatoms. The van der Waals surface area contributed by atoms with E-state index in [0.717, 1.165) is 22.8 Å². The Morgan fingerprint density at radius 1 is 1.24 bits per heavy atom. The molecule has 2 aromatic rings. The summed E-state index contributed by atoms with van der Waals surface area (Å²) in [6.45, 7) is 2.38. The SMILES string of the molecule is C#CCNc1nc(Nc2ccc(N(C)C)cc2)ncc1C. The summed E-state index contributed by atoms with van der Waals surface area (Å²) in [6.07, 6.45) is 7.02. The summed E-state index contributed by atoms with van der Waals surface area (Å²) in [5.74, 6) is 3.82. The molecule has 0 aliphatic carbocycles. The molecule has 0 spiro atoms. The standard InChI is InChI=1S/C16H19N5/c1-5-10-17-15-12(2)11-18-16(20-15)19-13-6-8-14(9-7-13)21(3)4/h1,6-9,11H,10H2,2-4H3,(H2,17,18,19,20). The molecule has 5 nitrogen and oxygen atoms in total. The molecule has 0 fully saturated rings. The highest BCUT2D eigenvalue weighted by molar-refractivity contribution is 5.60. The Kier molecular flexibility index (Phi) is 4.62. The Labute approximate surface area is 125 Å². The van der Waals surface area contributed by atoms with Crippen LogP contribution in [0.5, 0.6) is 0 Å². The molecular formula is C16H19N5. The molecule has 0 amide bonds. The van der Waals surface area contributed by atoms with E-state index in [1.54, 1.807) is 6.20 Å². The van der Waals surface area contributed by atoms with Crippen LogP contribution in [-0.4, -0.2) is 30.6 Å². The predicted molar refractivity (Wildman–Crippen MR) is 88.1 cm³/mol. The van der Waals surface area contributed by atoms with Crippen molar-refractivity contribution in [1.29, 1.82) is 0 Å². The maximum absolute atomic E-state index is 5.25. The monoisotopic (exact) mass is 281 g/mol. The zero-order valence-electron chi connectivity index (χ0n) is 12.5. The molecule has 0 bridgehead atoms. The van der Waals surface area contributed by atoms with Gasteiger partial charge in [-0.3, -0.25) is 0 Å². The fourth-order valence-electron chi connectivity index (χ4n) is 1.79. The van der Waals surface area contributed by atoms with Crippen LogP contribution in [0.1, 0.15) is 5.56 Å². The fraction of sp³-hybridized carbons (Fsp3) is 0.250. The second-order valence-electron chi connectivity index (χ2n) is 4.85. The number of nitrogens with one attached hydrogen (secondary N) is 2. The first-order valence-electron chi connectivity index (χ1n) is 6.65. The maximum atomic E-state index is 5.25. The van der Waals surface area contributed by atoms with Crippen LogP contribution in [0, 0.1) is 19.3 Å². The number of terminal acetylenes is 1. The van der Waals surface area contributed by atoms with Gasteiger partial charge in [0.1, 0.15) is 5.82 Å². The van der Waals surface area contributed by atoms with Crippen LogP contribution in [0.4, 0.5) is 23.1 Å². The van der Waals surface area contributed by atoms with Crippen molar-refractivity contribution in [2.75, 3.05) is 36.2 Å². The van der Waals surface area contributed by atoms with E-state index >= 15 is 0 Å². The lowest BCUT2D eigenvalue weighted by Crippen LogP contribution is -2.08. The van der Waals surface area contributed by atoms with Crippen molar-refractivity contribution in [3.8, 4) is 12.3 Å². The van der Waals surface area contributed by atoms with Crippen molar-refractivity contribution < 1.29 is 0 Å². The smallest absolute Gasteiger partial charge is 0.229 e. The Morgan fingerprint density at radius 3 is 2.57 bits per heavy atom. The lowest BCUT2D eigenvalue weighted by atomic mass is 10.2. The highest BCUT2D eigenvalue weighted by atomic mass is 15.1. The van der Waals surface area contributed by atoms with Gasteiger partial charge < -0.3 is 15.5 Å². The molecule has 0 saturated heterocycles. The van der Waals surface area contributed by atoms with Gasteiger partial charge in [-0.15, -0.1) is 6.42 Å². The van der Waals surface area contributed by atoms with Crippen LogP contribution in [-0.2, 0) is 0 Å². The number of benzene rings is 1. The average molecular weight is 281 g/mol. The molecule has 1 aromatic heterocycles. The first-order chi connectivity index (χ1) is 10.1. The molecule has 2 N–H and O–H groups in total. The lowest BCUT2D eigenvalue weighted by molar-refractivity contribution is 1.11. The van der Waals surface area contributed by atoms with Gasteiger partial charge in [0.15, 0.2) is 0 Å². The third-order valence-electron chi connectivity index (χ3n) is 2.97. The number of hydrogen-bond donors (Lipinski definition) is 2. The number of nitrogens with zero attached hydrogens (tertiary/aromatic N) is 3. The van der Waals surface area contributed by atoms with Crippen molar-refractivity contribution in [2.24, 2.45) is 0 Å². The van der Waals surface area contributed by atoms with E-state index in [0.29, 0.717) is 12.5 Å². The highest BCUT2D eigenvalue weighted by Gasteiger charge is 2.04. The van der Waals surface area contributed by atoms with Gasteiger partial charge in [0.25, 0.3) is 0 Å². The van der Waals surface area contributed by atoms with Gasteiger partial charge in [-0.2, -0.15) is 4.98 Å². The van der Waals surface area contributed by atoms with E-state index < -0.39 is 0 Å². The third kappa shape index (κ3) is 3.86. The van der Waals surface area contributed by atoms with Gasteiger partial charge in [-0.25, -0.2) is 4.98 Å². The van der Waals surface area contributed by atoms with Crippen molar-refractivity contribution in [3.05, 3.63) is 36.0 Å². The molecular weight excluding hydrogens is 262 g/mol. The van der Waals surface area contributed by atoms with Crippen LogP contribution < -0.4 is 15.5 Å². The van der Waals surface area contributed by atoms with Crippen molar-refractivity contribution in [1.82, 2.24) is 9.97 Å². The first-order valence-corrected chi connectivity index (χ1v) is 6.65. The molecule has 21 heavy (non-hydrogen) atoms. The minimum Gasteiger partial charge on any atom is -0.378 e. The minimum absolute atomic E-state index is 0.439. The van der Waals surface area contributed by atoms with Crippen molar-refractivity contribution in [2.45, 2.75) is 6.92 Å². The van der Waals surface area contributed by atoms with Gasteiger partial charge in [-0.1, -0.05) is 5.92 Å². The minimum atomic E-state index is 0.439. The van der Waals surface area contributed by atoms with Crippen molar-refractivity contribution >= 4 is 23.1 Å². The zero-order valence-corrected chi connectivity index (χ0v) is 12.5. The van der Waals surface area contributed by atoms with E-state index in [2.05, 4.69) is 26.5 Å². The van der Waals surface area contributed by atoms with Crippen LogP contribution in [0.2, 0.25) is 0 Å². The maximum Gasteiger partial charge on any atom is 0.229 e. The second kappa shape index (κ2) is 6.62. The molecule has 1 aromatic carbocycles. The highest BCUT2D eigenvalue weighted by Crippen LogP contribution is 2.19. The summed E-state index contributed by atoms with van der Waals surface area (Å²) in [6, 6.07) is 8.06. The number of aromatic nitrogens is 2. The molecule has 0 aliphatic rings. The predicted octanol–water partition coefficient (Wildman–Crippen LogP) is 2.64. The molecule has 0 saturated carbocycles. The fourth-order valence-corrected chi connectivity index (χ4v) is 1.79. The quantitative estimate of drug-likeness (QED) is 0.825. The number of aryl methyl sites for hydroxylation is 1. The van der Waals surface area contributed by atoms with Crippen molar-refractivity contribution in [3.63, 3.8) is 0 Å². The summed E-state index contributed by atoms with van der Waals surface area (Å²) in [5, 5.41) is 6.26. The summed E-state index contributed by atoms with van der Waals surface area (Å²) in [5.41, 5.74) is 3.04.